The predicted molar refractivity (Wildman–Crippen MR) is 84.8 cm³/mol. The molecule has 3 rings (SSSR count). The van der Waals surface area contributed by atoms with Gasteiger partial charge in [0.2, 0.25) is 0 Å². The molecule has 0 aliphatic rings. The van der Waals surface area contributed by atoms with Crippen LogP contribution in [0.4, 0.5) is 0 Å². The van der Waals surface area contributed by atoms with Crippen LogP contribution in [0.25, 0.3) is 11.0 Å². The zero-order valence-corrected chi connectivity index (χ0v) is 12.9. The highest BCUT2D eigenvalue weighted by Crippen LogP contribution is 2.33. The molecule has 1 aromatic carbocycles. The molecule has 0 spiro atoms. The van der Waals surface area contributed by atoms with Crippen LogP contribution in [-0.2, 0) is 6.42 Å². The number of rotatable bonds is 5. The molecular formula is C17H18ClNO2. The van der Waals surface area contributed by atoms with Crippen LogP contribution in [0.2, 0.25) is 5.02 Å². The Bertz CT molecular complexity index is 744. The maximum atomic E-state index is 6.20. The summed E-state index contributed by atoms with van der Waals surface area (Å²) in [7, 11) is 0. The first kappa shape index (κ1) is 14.2. The lowest BCUT2D eigenvalue weighted by Crippen LogP contribution is -2.22. The topological polar surface area (TPSA) is 38.3 Å². The van der Waals surface area contributed by atoms with Crippen molar-refractivity contribution in [3.05, 3.63) is 58.7 Å². The standard InChI is InChI=1S/C17H18ClNO2/c1-3-14-12(8-9-20-14)16(19-4-2)15-10-11-6-5-7-13(18)17(11)21-15/h5-10,16,19H,3-4H2,1-2H3. The van der Waals surface area contributed by atoms with Crippen LogP contribution >= 0.6 is 11.6 Å². The van der Waals surface area contributed by atoms with Gasteiger partial charge in [-0.1, -0.05) is 37.6 Å². The lowest BCUT2D eigenvalue weighted by molar-refractivity contribution is 0.460. The summed E-state index contributed by atoms with van der Waals surface area (Å²) in [5.74, 6) is 1.84. The van der Waals surface area contributed by atoms with Crippen molar-refractivity contribution in [2.75, 3.05) is 6.54 Å². The first-order valence-corrected chi connectivity index (χ1v) is 7.60. The van der Waals surface area contributed by atoms with Gasteiger partial charge >= 0.3 is 0 Å². The van der Waals surface area contributed by atoms with Gasteiger partial charge in [0, 0.05) is 17.4 Å². The van der Waals surface area contributed by atoms with E-state index in [2.05, 4.69) is 19.2 Å². The summed E-state index contributed by atoms with van der Waals surface area (Å²) in [6, 6.07) is 9.80. The van der Waals surface area contributed by atoms with Crippen molar-refractivity contribution in [2.45, 2.75) is 26.3 Å². The van der Waals surface area contributed by atoms with Gasteiger partial charge in [-0.05, 0) is 24.7 Å². The molecule has 0 radical (unpaired) electrons. The van der Waals surface area contributed by atoms with Gasteiger partial charge < -0.3 is 14.2 Å². The molecule has 110 valence electrons. The normalized spacial score (nSPS) is 12.9. The van der Waals surface area contributed by atoms with E-state index in [4.69, 9.17) is 20.4 Å². The third-order valence-electron chi connectivity index (χ3n) is 3.62. The van der Waals surface area contributed by atoms with Gasteiger partial charge in [0.05, 0.1) is 17.3 Å². The maximum Gasteiger partial charge on any atom is 0.152 e. The molecule has 21 heavy (non-hydrogen) atoms. The molecule has 0 amide bonds. The van der Waals surface area contributed by atoms with E-state index in [1.165, 1.54) is 0 Å². The van der Waals surface area contributed by atoms with E-state index >= 15 is 0 Å². The van der Waals surface area contributed by atoms with Crippen molar-refractivity contribution < 1.29 is 8.83 Å². The van der Waals surface area contributed by atoms with E-state index in [-0.39, 0.29) is 6.04 Å². The second kappa shape index (κ2) is 5.96. The Morgan fingerprint density at radius 2 is 2.10 bits per heavy atom. The van der Waals surface area contributed by atoms with Crippen LogP contribution < -0.4 is 5.32 Å². The first-order valence-electron chi connectivity index (χ1n) is 7.22. The molecule has 3 nitrogen and oxygen atoms in total. The molecule has 2 heterocycles. The third-order valence-corrected chi connectivity index (χ3v) is 3.92. The number of fused-ring (bicyclic) bond motifs is 1. The van der Waals surface area contributed by atoms with E-state index < -0.39 is 0 Å². The number of aryl methyl sites for hydroxylation is 1. The molecule has 0 saturated carbocycles. The fraction of sp³-hybridized carbons (Fsp3) is 0.294. The Labute approximate surface area is 128 Å². The molecule has 0 bridgehead atoms. The van der Waals surface area contributed by atoms with E-state index in [9.17, 15) is 0 Å². The van der Waals surface area contributed by atoms with Gasteiger partial charge in [0.25, 0.3) is 0 Å². The molecule has 0 fully saturated rings. The van der Waals surface area contributed by atoms with E-state index in [0.717, 1.165) is 41.0 Å². The smallest absolute Gasteiger partial charge is 0.152 e. The Morgan fingerprint density at radius 3 is 2.81 bits per heavy atom. The monoisotopic (exact) mass is 303 g/mol. The largest absolute Gasteiger partial charge is 0.469 e. The van der Waals surface area contributed by atoms with Crippen molar-refractivity contribution in [2.24, 2.45) is 0 Å². The van der Waals surface area contributed by atoms with Gasteiger partial charge in [-0.3, -0.25) is 0 Å². The van der Waals surface area contributed by atoms with E-state index in [1.54, 1.807) is 6.26 Å². The first-order chi connectivity index (χ1) is 10.2. The number of nitrogens with one attached hydrogen (secondary N) is 1. The zero-order valence-electron chi connectivity index (χ0n) is 12.2. The highest BCUT2D eigenvalue weighted by molar-refractivity contribution is 6.34. The fourth-order valence-corrected chi connectivity index (χ4v) is 2.87. The summed E-state index contributed by atoms with van der Waals surface area (Å²) in [4.78, 5) is 0. The number of para-hydroxylation sites is 1. The van der Waals surface area contributed by atoms with Crippen LogP contribution in [0.15, 0.2) is 45.4 Å². The minimum absolute atomic E-state index is 0.0211. The average molecular weight is 304 g/mol. The lowest BCUT2D eigenvalue weighted by Gasteiger charge is -2.15. The second-order valence-corrected chi connectivity index (χ2v) is 5.36. The Morgan fingerprint density at radius 1 is 1.24 bits per heavy atom. The minimum atomic E-state index is -0.0211. The van der Waals surface area contributed by atoms with Crippen LogP contribution in [-0.4, -0.2) is 6.54 Å². The van der Waals surface area contributed by atoms with Crippen LogP contribution in [0.3, 0.4) is 0 Å². The second-order valence-electron chi connectivity index (χ2n) is 4.95. The molecule has 1 N–H and O–H groups in total. The summed E-state index contributed by atoms with van der Waals surface area (Å²) < 4.78 is 11.6. The quantitative estimate of drug-likeness (QED) is 0.725. The molecule has 4 heteroatoms. The average Bonchev–Trinajstić information content (AvgIpc) is 3.11. The maximum absolute atomic E-state index is 6.20. The fourth-order valence-electron chi connectivity index (χ4n) is 2.65. The van der Waals surface area contributed by atoms with E-state index in [0.29, 0.717) is 5.02 Å². The molecule has 0 saturated heterocycles. The van der Waals surface area contributed by atoms with Gasteiger partial charge in [-0.2, -0.15) is 0 Å². The third kappa shape index (κ3) is 2.59. The number of hydrogen-bond donors (Lipinski definition) is 1. The molecule has 0 aliphatic carbocycles. The van der Waals surface area contributed by atoms with Gasteiger partial charge in [0.1, 0.15) is 11.5 Å². The van der Waals surface area contributed by atoms with Gasteiger partial charge in [-0.15, -0.1) is 0 Å². The highest BCUT2D eigenvalue weighted by atomic mass is 35.5. The van der Waals surface area contributed by atoms with Gasteiger partial charge in [-0.25, -0.2) is 0 Å². The summed E-state index contributed by atoms with van der Waals surface area (Å²) in [5.41, 5.74) is 1.85. The molecule has 1 unspecified atom stereocenters. The molecule has 1 atom stereocenters. The zero-order chi connectivity index (χ0) is 14.8. The van der Waals surface area contributed by atoms with Crippen molar-refractivity contribution in [3.8, 4) is 0 Å². The van der Waals surface area contributed by atoms with Crippen molar-refractivity contribution in [1.29, 1.82) is 0 Å². The van der Waals surface area contributed by atoms with Crippen molar-refractivity contribution in [1.82, 2.24) is 5.32 Å². The Kier molecular flexibility index (Phi) is 4.04. The Balaban J connectivity index is 2.09. The molecule has 2 aromatic heterocycles. The van der Waals surface area contributed by atoms with Crippen molar-refractivity contribution in [3.63, 3.8) is 0 Å². The van der Waals surface area contributed by atoms with E-state index in [1.807, 2.05) is 30.3 Å². The minimum Gasteiger partial charge on any atom is -0.469 e. The molecular weight excluding hydrogens is 286 g/mol. The summed E-state index contributed by atoms with van der Waals surface area (Å²) in [6.45, 7) is 5.00. The molecule has 0 aliphatic heterocycles. The summed E-state index contributed by atoms with van der Waals surface area (Å²) in [5, 5.41) is 5.11. The number of furan rings is 2. The summed E-state index contributed by atoms with van der Waals surface area (Å²) in [6.07, 6.45) is 2.58. The van der Waals surface area contributed by atoms with Crippen LogP contribution in [0, 0.1) is 0 Å². The predicted octanol–water partition coefficient (Wildman–Crippen LogP) is 4.94. The number of hydrogen-bond acceptors (Lipinski definition) is 3. The SMILES string of the molecule is CCNC(c1cc2cccc(Cl)c2o1)c1ccoc1CC. The van der Waals surface area contributed by atoms with Crippen LogP contribution in [0.1, 0.15) is 37.0 Å². The van der Waals surface area contributed by atoms with Crippen LogP contribution in [0.5, 0.6) is 0 Å². The molecule has 3 aromatic rings. The van der Waals surface area contributed by atoms with Crippen molar-refractivity contribution >= 4 is 22.6 Å². The number of halogens is 1. The summed E-state index contributed by atoms with van der Waals surface area (Å²) >= 11 is 6.20. The highest BCUT2D eigenvalue weighted by Gasteiger charge is 2.22. The lowest BCUT2D eigenvalue weighted by atomic mass is 10.0. The number of benzene rings is 1. The van der Waals surface area contributed by atoms with Gasteiger partial charge in [0.15, 0.2) is 5.58 Å². The Hall–Kier alpha value is -1.71.